The van der Waals surface area contributed by atoms with Gasteiger partial charge in [0.05, 0.1) is 18.3 Å². The van der Waals surface area contributed by atoms with Gasteiger partial charge in [0.15, 0.2) is 0 Å². The zero-order chi connectivity index (χ0) is 10.8. The van der Waals surface area contributed by atoms with Crippen LogP contribution in [0.2, 0.25) is 0 Å². The highest BCUT2D eigenvalue weighted by molar-refractivity contribution is 7.90. The van der Waals surface area contributed by atoms with Gasteiger partial charge in [-0.25, -0.2) is 8.42 Å². The number of sulfonamides is 1. The second-order valence-electron chi connectivity index (χ2n) is 3.18. The van der Waals surface area contributed by atoms with Crippen molar-refractivity contribution in [1.82, 2.24) is 4.72 Å². The zero-order valence-corrected chi connectivity index (χ0v) is 8.71. The number of nitrogens with one attached hydrogen (secondary N) is 1. The van der Waals surface area contributed by atoms with Crippen LogP contribution in [0.1, 0.15) is 12.8 Å². The minimum absolute atomic E-state index is 0.272. The van der Waals surface area contributed by atoms with Crippen molar-refractivity contribution in [3.8, 4) is 0 Å². The molecule has 0 amide bonds. The van der Waals surface area contributed by atoms with Crippen LogP contribution < -0.4 is 4.72 Å². The van der Waals surface area contributed by atoms with Gasteiger partial charge in [-0.2, -0.15) is 0 Å². The van der Waals surface area contributed by atoms with E-state index < -0.39 is 15.3 Å². The molecule has 0 bridgehead atoms. The molecule has 0 aromatic heterocycles. The van der Waals surface area contributed by atoms with Gasteiger partial charge in [-0.3, -0.25) is 9.52 Å². The van der Waals surface area contributed by atoms with E-state index in [0.29, 0.717) is 12.8 Å². The first kappa shape index (κ1) is 11.0. The number of ether oxygens (including phenoxy) is 1. The third-order valence-electron chi connectivity index (χ3n) is 2.32. The minimum Gasteiger partial charge on any atom is -0.469 e. The molecule has 5 nitrogen and oxygen atoms in total. The molecule has 14 heavy (non-hydrogen) atoms. The Kier molecular flexibility index (Phi) is 3.15. The summed E-state index contributed by atoms with van der Waals surface area (Å²) in [4.78, 5) is 11.0. The molecule has 0 atom stereocenters. The molecule has 1 rings (SSSR count). The van der Waals surface area contributed by atoms with Crippen LogP contribution in [-0.2, 0) is 19.6 Å². The molecule has 0 radical (unpaired) electrons. The van der Waals surface area contributed by atoms with Gasteiger partial charge < -0.3 is 4.74 Å². The predicted octanol–water partition coefficient (Wildman–Crippen LogP) is 0.000900. The summed E-state index contributed by atoms with van der Waals surface area (Å²) in [6.45, 7) is 3.28. The van der Waals surface area contributed by atoms with Crippen molar-refractivity contribution in [2.45, 2.75) is 18.1 Å². The number of esters is 1. The Morgan fingerprint density at radius 1 is 1.57 bits per heavy atom. The van der Waals surface area contributed by atoms with Crippen LogP contribution in [0, 0.1) is 5.92 Å². The number of hydrogen-bond acceptors (Lipinski definition) is 4. The minimum atomic E-state index is -3.32. The molecule has 1 fully saturated rings. The summed E-state index contributed by atoms with van der Waals surface area (Å²) in [6, 6.07) is 0. The van der Waals surface area contributed by atoms with E-state index in [4.69, 9.17) is 0 Å². The third-order valence-corrected chi connectivity index (χ3v) is 4.07. The summed E-state index contributed by atoms with van der Waals surface area (Å²) < 4.78 is 29.4. The SMILES string of the molecule is C=CNS(=O)(=O)C1CC(C(=O)OC)C1. The summed E-state index contributed by atoms with van der Waals surface area (Å²) in [7, 11) is -2.03. The molecule has 0 aliphatic heterocycles. The maximum absolute atomic E-state index is 11.3. The van der Waals surface area contributed by atoms with Crippen LogP contribution in [0.15, 0.2) is 12.8 Å². The van der Waals surface area contributed by atoms with E-state index in [-0.39, 0.29) is 11.9 Å². The molecule has 0 heterocycles. The second-order valence-corrected chi connectivity index (χ2v) is 5.17. The molecule has 0 unspecified atom stereocenters. The van der Waals surface area contributed by atoms with Gasteiger partial charge in [0.2, 0.25) is 10.0 Å². The topological polar surface area (TPSA) is 72.5 Å². The van der Waals surface area contributed by atoms with Crippen molar-refractivity contribution in [3.05, 3.63) is 12.8 Å². The summed E-state index contributed by atoms with van der Waals surface area (Å²) in [5.74, 6) is -0.610. The van der Waals surface area contributed by atoms with Crippen LogP contribution in [0.25, 0.3) is 0 Å². The first-order chi connectivity index (χ1) is 6.51. The highest BCUT2D eigenvalue weighted by atomic mass is 32.2. The van der Waals surface area contributed by atoms with Gasteiger partial charge in [0.1, 0.15) is 0 Å². The highest BCUT2D eigenvalue weighted by Gasteiger charge is 2.42. The maximum atomic E-state index is 11.3. The molecule has 1 aliphatic rings. The Morgan fingerprint density at radius 3 is 2.57 bits per heavy atom. The second kappa shape index (κ2) is 4.00. The first-order valence-corrected chi connectivity index (χ1v) is 5.75. The number of hydrogen-bond donors (Lipinski definition) is 1. The lowest BCUT2D eigenvalue weighted by Gasteiger charge is -2.32. The summed E-state index contributed by atoms with van der Waals surface area (Å²) in [5, 5.41) is -0.496. The first-order valence-electron chi connectivity index (χ1n) is 4.21. The van der Waals surface area contributed by atoms with Gasteiger partial charge in [0, 0.05) is 6.20 Å². The Hall–Kier alpha value is -1.04. The van der Waals surface area contributed by atoms with Gasteiger partial charge in [-0.15, -0.1) is 0 Å². The van der Waals surface area contributed by atoms with Gasteiger partial charge in [-0.1, -0.05) is 6.58 Å². The molecule has 1 saturated carbocycles. The van der Waals surface area contributed by atoms with Crippen molar-refractivity contribution in [3.63, 3.8) is 0 Å². The zero-order valence-electron chi connectivity index (χ0n) is 7.89. The van der Waals surface area contributed by atoms with E-state index in [2.05, 4.69) is 16.0 Å². The fourth-order valence-electron chi connectivity index (χ4n) is 1.39. The van der Waals surface area contributed by atoms with Crippen molar-refractivity contribution in [2.24, 2.45) is 5.92 Å². The monoisotopic (exact) mass is 219 g/mol. The van der Waals surface area contributed by atoms with E-state index >= 15 is 0 Å². The molecule has 6 heteroatoms. The van der Waals surface area contributed by atoms with Crippen LogP contribution in [0.3, 0.4) is 0 Å². The van der Waals surface area contributed by atoms with Gasteiger partial charge >= 0.3 is 5.97 Å². The predicted molar refractivity (Wildman–Crippen MR) is 50.8 cm³/mol. The lowest BCUT2D eigenvalue weighted by Crippen LogP contribution is -2.44. The van der Waals surface area contributed by atoms with Crippen LogP contribution in [0.5, 0.6) is 0 Å². The van der Waals surface area contributed by atoms with Gasteiger partial charge in [-0.05, 0) is 12.8 Å². The highest BCUT2D eigenvalue weighted by Crippen LogP contribution is 2.33. The van der Waals surface area contributed by atoms with E-state index in [0.717, 1.165) is 6.20 Å². The Morgan fingerprint density at radius 2 is 2.14 bits per heavy atom. The average molecular weight is 219 g/mol. The molecule has 1 aliphatic carbocycles. The normalized spacial score (nSPS) is 26.1. The molecular weight excluding hydrogens is 206 g/mol. The molecule has 0 saturated heterocycles. The number of rotatable bonds is 4. The number of carbonyl (C=O) groups excluding carboxylic acids is 1. The lowest BCUT2D eigenvalue weighted by molar-refractivity contribution is -0.148. The molecular formula is C8H13NO4S. The Bertz CT molecular complexity index is 329. The van der Waals surface area contributed by atoms with Crippen molar-refractivity contribution >= 4 is 16.0 Å². The molecule has 0 aromatic rings. The van der Waals surface area contributed by atoms with Crippen LogP contribution >= 0.6 is 0 Å². The lowest BCUT2D eigenvalue weighted by atomic mass is 9.85. The number of methoxy groups -OCH3 is 1. The largest absolute Gasteiger partial charge is 0.469 e. The summed E-state index contributed by atoms with van der Waals surface area (Å²) >= 11 is 0. The Balaban J connectivity index is 2.49. The van der Waals surface area contributed by atoms with Crippen molar-refractivity contribution in [2.75, 3.05) is 7.11 Å². The maximum Gasteiger partial charge on any atom is 0.308 e. The van der Waals surface area contributed by atoms with Gasteiger partial charge in [0.25, 0.3) is 0 Å². The molecule has 0 aromatic carbocycles. The van der Waals surface area contributed by atoms with E-state index in [1.807, 2.05) is 0 Å². The van der Waals surface area contributed by atoms with E-state index in [9.17, 15) is 13.2 Å². The Labute approximate surface area is 83.2 Å². The van der Waals surface area contributed by atoms with Crippen LogP contribution in [0.4, 0.5) is 0 Å². The summed E-state index contributed by atoms with van der Waals surface area (Å²) in [5.41, 5.74) is 0. The average Bonchev–Trinajstić information content (AvgIpc) is 2.00. The number of carbonyl (C=O) groups is 1. The standard InChI is InChI=1S/C8H13NO4S/c1-3-9-14(11,12)7-4-6(5-7)8(10)13-2/h3,6-7,9H,1,4-5H2,2H3. The fraction of sp³-hybridized carbons (Fsp3) is 0.625. The summed E-state index contributed by atoms with van der Waals surface area (Å²) in [6.07, 6.45) is 1.78. The molecule has 1 N–H and O–H groups in total. The molecule has 80 valence electrons. The van der Waals surface area contributed by atoms with Crippen molar-refractivity contribution in [1.29, 1.82) is 0 Å². The fourth-order valence-corrected chi connectivity index (χ4v) is 2.79. The van der Waals surface area contributed by atoms with E-state index in [1.54, 1.807) is 0 Å². The van der Waals surface area contributed by atoms with Crippen LogP contribution in [-0.4, -0.2) is 26.7 Å². The smallest absolute Gasteiger partial charge is 0.308 e. The quantitative estimate of drug-likeness (QED) is 0.675. The third kappa shape index (κ3) is 2.06. The molecule has 0 spiro atoms. The van der Waals surface area contributed by atoms with E-state index in [1.165, 1.54) is 7.11 Å². The van der Waals surface area contributed by atoms with Crippen molar-refractivity contribution < 1.29 is 17.9 Å².